The second-order valence-corrected chi connectivity index (χ2v) is 8.40. The molecule has 2 N–H and O–H groups in total. The number of likely N-dealkylation sites (tertiary alicyclic amines) is 1. The lowest BCUT2D eigenvalue weighted by Gasteiger charge is -2.26. The van der Waals surface area contributed by atoms with Crippen molar-refractivity contribution < 1.29 is 23.9 Å². The first-order valence-electron chi connectivity index (χ1n) is 11.1. The van der Waals surface area contributed by atoms with Crippen LogP contribution >= 0.6 is 0 Å². The summed E-state index contributed by atoms with van der Waals surface area (Å²) in [5.41, 5.74) is 2.27. The number of ether oxygens (including phenoxy) is 2. The van der Waals surface area contributed by atoms with E-state index in [0.717, 1.165) is 22.9 Å². The van der Waals surface area contributed by atoms with E-state index in [2.05, 4.69) is 10.3 Å². The number of esters is 1. The number of hydrogen-bond acceptors (Lipinski definition) is 5. The molecule has 2 aromatic carbocycles. The van der Waals surface area contributed by atoms with E-state index in [1.165, 1.54) is 0 Å². The molecule has 170 valence electrons. The van der Waals surface area contributed by atoms with Gasteiger partial charge >= 0.3 is 5.97 Å². The highest BCUT2D eigenvalue weighted by atomic mass is 16.7. The number of carbonyl (C=O) groups is 3. The summed E-state index contributed by atoms with van der Waals surface area (Å²) < 4.78 is 11.0. The van der Waals surface area contributed by atoms with Crippen molar-refractivity contribution in [3.05, 3.63) is 71.9 Å². The van der Waals surface area contributed by atoms with E-state index >= 15 is 0 Å². The van der Waals surface area contributed by atoms with E-state index in [9.17, 15) is 14.4 Å². The fraction of sp³-hybridized carbons (Fsp3) is 0.320. The number of benzene rings is 2. The van der Waals surface area contributed by atoms with Gasteiger partial charge in [0.05, 0.1) is 13.0 Å². The van der Waals surface area contributed by atoms with E-state index in [1.807, 2.05) is 60.7 Å². The molecular weight excluding hydrogens is 422 g/mol. The third kappa shape index (κ3) is 4.47. The van der Waals surface area contributed by atoms with Gasteiger partial charge in [0, 0.05) is 17.4 Å². The van der Waals surface area contributed by atoms with Gasteiger partial charge in [-0.05, 0) is 30.5 Å². The van der Waals surface area contributed by atoms with Crippen LogP contribution in [0.3, 0.4) is 0 Å². The zero-order valence-electron chi connectivity index (χ0n) is 18.0. The molecule has 8 nitrogen and oxygen atoms in total. The minimum Gasteiger partial charge on any atom is -0.433 e. The van der Waals surface area contributed by atoms with E-state index in [-0.39, 0.29) is 24.8 Å². The fourth-order valence-electron chi connectivity index (χ4n) is 4.46. The number of H-pyrrole nitrogens is 1. The normalized spacial score (nSPS) is 22.5. The zero-order chi connectivity index (χ0) is 22.8. The number of fused-ring (bicyclic) bond motifs is 1. The quantitative estimate of drug-likeness (QED) is 0.566. The van der Waals surface area contributed by atoms with Crippen LogP contribution < -0.4 is 5.32 Å². The molecule has 2 saturated heterocycles. The van der Waals surface area contributed by atoms with Crippen LogP contribution in [0.5, 0.6) is 0 Å². The molecule has 3 atom stereocenters. The Kier molecular flexibility index (Phi) is 5.83. The third-order valence-corrected chi connectivity index (χ3v) is 6.12. The molecule has 3 heterocycles. The van der Waals surface area contributed by atoms with Crippen molar-refractivity contribution in [3.63, 3.8) is 0 Å². The van der Waals surface area contributed by atoms with E-state index in [0.29, 0.717) is 18.7 Å². The van der Waals surface area contributed by atoms with Gasteiger partial charge < -0.3 is 24.7 Å². The molecule has 0 spiro atoms. The van der Waals surface area contributed by atoms with Crippen molar-refractivity contribution in [3.8, 4) is 0 Å². The first-order chi connectivity index (χ1) is 16.1. The van der Waals surface area contributed by atoms with Gasteiger partial charge in [-0.25, -0.2) is 0 Å². The van der Waals surface area contributed by atoms with Gasteiger partial charge in [-0.1, -0.05) is 48.5 Å². The molecule has 2 amide bonds. The summed E-state index contributed by atoms with van der Waals surface area (Å²) >= 11 is 0. The molecule has 0 radical (unpaired) electrons. The van der Waals surface area contributed by atoms with Gasteiger partial charge in [0.25, 0.3) is 5.91 Å². The number of rotatable bonds is 6. The summed E-state index contributed by atoms with van der Waals surface area (Å²) in [6, 6.07) is 17.8. The monoisotopic (exact) mass is 447 g/mol. The molecule has 0 bridgehead atoms. The molecule has 3 aromatic rings. The molecule has 2 aliphatic heterocycles. The molecule has 33 heavy (non-hydrogen) atoms. The second kappa shape index (κ2) is 9.07. The summed E-state index contributed by atoms with van der Waals surface area (Å²) in [5.74, 6) is -0.927. The summed E-state index contributed by atoms with van der Waals surface area (Å²) in [5, 5.41) is 3.83. The molecule has 8 heteroatoms. The maximum absolute atomic E-state index is 13.2. The van der Waals surface area contributed by atoms with E-state index < -0.39 is 24.3 Å². The highest BCUT2D eigenvalue weighted by Gasteiger charge is 2.41. The van der Waals surface area contributed by atoms with Crippen molar-refractivity contribution in [1.82, 2.24) is 15.2 Å². The number of hydrogen-bond donors (Lipinski definition) is 2. The number of cyclic esters (lactones) is 1. The van der Waals surface area contributed by atoms with Crippen LogP contribution in [0.15, 0.2) is 60.7 Å². The average Bonchev–Trinajstić information content (AvgIpc) is 3.56. The number of para-hydroxylation sites is 1. The Morgan fingerprint density at radius 1 is 1.12 bits per heavy atom. The smallest absolute Gasteiger partial charge is 0.310 e. The van der Waals surface area contributed by atoms with Crippen LogP contribution in [0.2, 0.25) is 0 Å². The number of carbonyl (C=O) groups excluding carboxylic acids is 3. The maximum Gasteiger partial charge on any atom is 0.310 e. The molecule has 2 fully saturated rings. The molecule has 2 aliphatic rings. The standard InChI is InChI=1S/C25H25N3O5/c29-22-14-20(25(33-22)32-15-16-7-2-1-3-8-16)27-23(30)21-11-6-12-28(21)24(31)19-13-17-9-4-5-10-18(17)26-19/h1-5,7-10,13,20-21,25-26H,6,11-12,14-15H2,(H,27,30)/t20?,21-,25?/m0/s1. The van der Waals surface area contributed by atoms with Crippen molar-refractivity contribution in [2.45, 2.75) is 44.2 Å². The minimum absolute atomic E-state index is 0.0356. The molecule has 5 rings (SSSR count). The van der Waals surface area contributed by atoms with E-state index in [1.54, 1.807) is 4.90 Å². The van der Waals surface area contributed by atoms with Crippen molar-refractivity contribution in [2.24, 2.45) is 0 Å². The highest BCUT2D eigenvalue weighted by Crippen LogP contribution is 2.24. The van der Waals surface area contributed by atoms with Crippen LogP contribution in [-0.4, -0.2) is 52.6 Å². The molecule has 1 aromatic heterocycles. The van der Waals surface area contributed by atoms with Crippen LogP contribution in [0.25, 0.3) is 10.9 Å². The Bertz CT molecular complexity index is 1140. The van der Waals surface area contributed by atoms with Crippen LogP contribution in [0.4, 0.5) is 0 Å². The fourth-order valence-corrected chi connectivity index (χ4v) is 4.46. The molecule has 0 aliphatic carbocycles. The predicted octanol–water partition coefficient (Wildman–Crippen LogP) is 2.75. The van der Waals surface area contributed by atoms with Crippen LogP contribution in [-0.2, 0) is 25.7 Å². The largest absolute Gasteiger partial charge is 0.433 e. The number of amides is 2. The second-order valence-electron chi connectivity index (χ2n) is 8.40. The van der Waals surface area contributed by atoms with Gasteiger partial charge in [-0.2, -0.15) is 0 Å². The highest BCUT2D eigenvalue weighted by molar-refractivity contribution is 6.00. The summed E-state index contributed by atoms with van der Waals surface area (Å²) in [7, 11) is 0. The predicted molar refractivity (Wildman–Crippen MR) is 120 cm³/mol. The molecular formula is C25H25N3O5. The zero-order valence-corrected chi connectivity index (χ0v) is 18.0. The minimum atomic E-state index is -0.860. The van der Waals surface area contributed by atoms with Crippen LogP contribution in [0, 0.1) is 0 Å². The van der Waals surface area contributed by atoms with E-state index in [4.69, 9.17) is 9.47 Å². The Morgan fingerprint density at radius 3 is 2.73 bits per heavy atom. The number of nitrogens with one attached hydrogen (secondary N) is 2. The topological polar surface area (TPSA) is 101 Å². The van der Waals surface area contributed by atoms with Gasteiger partial charge in [-0.15, -0.1) is 0 Å². The third-order valence-electron chi connectivity index (χ3n) is 6.12. The first-order valence-corrected chi connectivity index (χ1v) is 11.1. The van der Waals surface area contributed by atoms with Crippen molar-refractivity contribution >= 4 is 28.7 Å². The first kappa shape index (κ1) is 21.2. The Morgan fingerprint density at radius 2 is 1.91 bits per heavy atom. The van der Waals surface area contributed by atoms with Gasteiger partial charge in [0.15, 0.2) is 0 Å². The molecule has 0 saturated carbocycles. The Hall–Kier alpha value is -3.65. The lowest BCUT2D eigenvalue weighted by Crippen LogP contribution is -2.51. The van der Waals surface area contributed by atoms with Crippen molar-refractivity contribution in [2.75, 3.05) is 6.54 Å². The van der Waals surface area contributed by atoms with Crippen molar-refractivity contribution in [1.29, 1.82) is 0 Å². The van der Waals surface area contributed by atoms with Gasteiger partial charge in [0.2, 0.25) is 12.2 Å². The summed E-state index contributed by atoms with van der Waals surface area (Å²) in [6.45, 7) is 0.764. The lowest BCUT2D eigenvalue weighted by molar-refractivity contribution is -0.168. The average molecular weight is 447 g/mol. The summed E-state index contributed by atoms with van der Waals surface area (Å²) in [6.07, 6.45) is 0.474. The maximum atomic E-state index is 13.2. The Labute approximate surface area is 190 Å². The SMILES string of the molecule is O=C1CC(NC(=O)[C@@H]2CCCN2C(=O)c2cc3ccccc3[nH]2)C(OCc2ccccc2)O1. The lowest BCUT2D eigenvalue weighted by atomic mass is 10.1. The van der Waals surface area contributed by atoms with Crippen LogP contribution in [0.1, 0.15) is 35.3 Å². The number of nitrogens with zero attached hydrogens (tertiary/aromatic N) is 1. The number of aromatic amines is 1. The van der Waals surface area contributed by atoms with Gasteiger partial charge in [-0.3, -0.25) is 14.4 Å². The Balaban J connectivity index is 1.24. The molecule has 2 unspecified atom stereocenters. The summed E-state index contributed by atoms with van der Waals surface area (Å²) in [4.78, 5) is 42.9. The van der Waals surface area contributed by atoms with Gasteiger partial charge in [0.1, 0.15) is 17.8 Å². The number of aromatic nitrogens is 1.